The highest BCUT2D eigenvalue weighted by molar-refractivity contribution is 7.15. The van der Waals surface area contributed by atoms with Crippen LogP contribution in [0.2, 0.25) is 0 Å². The van der Waals surface area contributed by atoms with E-state index in [1.54, 1.807) is 12.3 Å². The van der Waals surface area contributed by atoms with Crippen LogP contribution in [0, 0.1) is 6.92 Å². The molecule has 2 heterocycles. The van der Waals surface area contributed by atoms with E-state index in [4.69, 9.17) is 4.74 Å². The van der Waals surface area contributed by atoms with Crippen LogP contribution in [0.15, 0.2) is 48.7 Å². The number of benzene rings is 1. The highest BCUT2D eigenvalue weighted by Crippen LogP contribution is 2.25. The number of aromatic nitrogens is 1. The summed E-state index contributed by atoms with van der Waals surface area (Å²) in [4.78, 5) is 30.9. The van der Waals surface area contributed by atoms with Gasteiger partial charge in [0.15, 0.2) is 5.78 Å². The third kappa shape index (κ3) is 4.84. The number of carbonyl (C=O) groups is 2. The van der Waals surface area contributed by atoms with Crippen LogP contribution in [0.1, 0.15) is 32.3 Å². The van der Waals surface area contributed by atoms with Crippen molar-refractivity contribution in [2.24, 2.45) is 0 Å². The smallest absolute Gasteiger partial charge is 0.306 e. The fraction of sp³-hybridized carbons (Fsp3) is 0.211. The number of hydrogen-bond acceptors (Lipinski definition) is 6. The molecule has 0 saturated carbocycles. The zero-order chi connectivity index (χ0) is 17.6. The van der Waals surface area contributed by atoms with Gasteiger partial charge in [-0.25, -0.2) is 4.98 Å². The Morgan fingerprint density at radius 2 is 1.84 bits per heavy atom. The molecule has 6 heteroatoms. The van der Waals surface area contributed by atoms with Crippen molar-refractivity contribution in [2.75, 3.05) is 0 Å². The van der Waals surface area contributed by atoms with Crippen molar-refractivity contribution in [2.45, 2.75) is 26.4 Å². The van der Waals surface area contributed by atoms with Crippen LogP contribution in [0.3, 0.4) is 0 Å². The first kappa shape index (κ1) is 17.5. The number of rotatable bonds is 7. The lowest BCUT2D eigenvalue weighted by atomic mass is 10.2. The van der Waals surface area contributed by atoms with Crippen LogP contribution in [0.5, 0.6) is 0 Å². The summed E-state index contributed by atoms with van der Waals surface area (Å²) in [6.07, 6.45) is 2.00. The fourth-order valence-corrected chi connectivity index (χ4v) is 3.90. The lowest BCUT2D eigenvalue weighted by Gasteiger charge is -2.02. The van der Waals surface area contributed by atoms with Crippen LogP contribution in [0.25, 0.3) is 10.6 Å². The van der Waals surface area contributed by atoms with E-state index in [0.717, 1.165) is 20.3 Å². The molecule has 0 N–H and O–H groups in total. The predicted octanol–water partition coefficient (Wildman–Crippen LogP) is 4.89. The SMILES string of the molecule is Cc1ccc(C(=O)CCC(=O)OCc2cnc(-c3ccccc3)s2)s1. The number of thiazole rings is 1. The normalized spacial score (nSPS) is 10.6. The van der Waals surface area contributed by atoms with E-state index in [1.807, 2.05) is 43.3 Å². The summed E-state index contributed by atoms with van der Waals surface area (Å²) >= 11 is 2.95. The van der Waals surface area contributed by atoms with Crippen LogP contribution < -0.4 is 0 Å². The molecule has 128 valence electrons. The van der Waals surface area contributed by atoms with E-state index in [0.29, 0.717) is 4.88 Å². The Kier molecular flexibility index (Phi) is 5.73. The molecule has 1 aromatic carbocycles. The van der Waals surface area contributed by atoms with E-state index in [9.17, 15) is 9.59 Å². The highest BCUT2D eigenvalue weighted by Gasteiger charge is 2.13. The summed E-state index contributed by atoms with van der Waals surface area (Å²) in [7, 11) is 0. The Hall–Kier alpha value is -2.31. The third-order valence-corrected chi connectivity index (χ3v) is 5.58. The van der Waals surface area contributed by atoms with Crippen LogP contribution >= 0.6 is 22.7 Å². The second-order valence-electron chi connectivity index (χ2n) is 5.49. The second-order valence-corrected chi connectivity index (χ2v) is 7.90. The molecule has 0 amide bonds. The van der Waals surface area contributed by atoms with Gasteiger partial charge < -0.3 is 4.74 Å². The molecule has 0 unspecified atom stereocenters. The molecule has 4 nitrogen and oxygen atoms in total. The van der Waals surface area contributed by atoms with Gasteiger partial charge in [-0.2, -0.15) is 0 Å². The van der Waals surface area contributed by atoms with E-state index < -0.39 is 0 Å². The average Bonchev–Trinajstić information content (AvgIpc) is 3.28. The zero-order valence-electron chi connectivity index (χ0n) is 13.7. The molecule has 0 aliphatic rings. The maximum absolute atomic E-state index is 12.0. The average molecular weight is 371 g/mol. The molecule has 0 aliphatic carbocycles. The van der Waals surface area contributed by atoms with Crippen molar-refractivity contribution in [1.82, 2.24) is 4.98 Å². The molecule has 3 rings (SSSR count). The largest absolute Gasteiger partial charge is 0.460 e. The van der Waals surface area contributed by atoms with Crippen molar-refractivity contribution in [3.63, 3.8) is 0 Å². The first-order chi connectivity index (χ1) is 12.1. The molecule has 0 bridgehead atoms. The molecule has 0 spiro atoms. The molecule has 25 heavy (non-hydrogen) atoms. The van der Waals surface area contributed by atoms with Gasteiger partial charge in [0.1, 0.15) is 11.6 Å². The van der Waals surface area contributed by atoms with E-state index in [-0.39, 0.29) is 31.2 Å². The summed E-state index contributed by atoms with van der Waals surface area (Å²) in [6.45, 7) is 2.14. The number of ether oxygens (including phenoxy) is 1. The quantitative estimate of drug-likeness (QED) is 0.438. The Morgan fingerprint density at radius 1 is 1.04 bits per heavy atom. The summed E-state index contributed by atoms with van der Waals surface area (Å²) < 4.78 is 5.25. The Morgan fingerprint density at radius 3 is 2.56 bits per heavy atom. The molecule has 2 aromatic heterocycles. The molecule has 3 aromatic rings. The third-order valence-electron chi connectivity index (χ3n) is 3.52. The molecular formula is C19H17NO3S2. The van der Waals surface area contributed by atoms with Crippen LogP contribution in [-0.4, -0.2) is 16.7 Å². The van der Waals surface area contributed by atoms with Gasteiger partial charge >= 0.3 is 5.97 Å². The number of aryl methyl sites for hydroxylation is 1. The van der Waals surface area contributed by atoms with Gasteiger partial charge in [0.2, 0.25) is 0 Å². The van der Waals surface area contributed by atoms with E-state index >= 15 is 0 Å². The minimum atomic E-state index is -0.365. The van der Waals surface area contributed by atoms with Gasteiger partial charge in [-0.1, -0.05) is 30.3 Å². The number of esters is 1. The van der Waals surface area contributed by atoms with Gasteiger partial charge in [0.25, 0.3) is 0 Å². The number of hydrogen-bond donors (Lipinski definition) is 0. The summed E-state index contributed by atoms with van der Waals surface area (Å²) in [5.74, 6) is -0.379. The van der Waals surface area contributed by atoms with Crippen molar-refractivity contribution >= 4 is 34.4 Å². The maximum atomic E-state index is 12.0. The number of Topliss-reactive ketones (excluding diaryl/α,β-unsaturated/α-hetero) is 1. The van der Waals surface area contributed by atoms with Gasteiger partial charge in [-0.05, 0) is 19.1 Å². The molecule has 0 radical (unpaired) electrons. The van der Waals surface area contributed by atoms with Gasteiger partial charge in [0, 0.05) is 23.1 Å². The van der Waals surface area contributed by atoms with Crippen LogP contribution in [0.4, 0.5) is 0 Å². The predicted molar refractivity (Wildman–Crippen MR) is 100.0 cm³/mol. The molecular weight excluding hydrogens is 354 g/mol. The number of ketones is 1. The lowest BCUT2D eigenvalue weighted by molar-refractivity contribution is -0.144. The Bertz CT molecular complexity index is 868. The van der Waals surface area contributed by atoms with Gasteiger partial charge in [-0.15, -0.1) is 22.7 Å². The molecule has 0 atom stereocenters. The minimum absolute atomic E-state index is 0.0146. The fourth-order valence-electron chi connectivity index (χ4n) is 2.24. The standard InChI is InChI=1S/C19H17NO3S2/c1-13-7-9-17(24-13)16(21)8-10-18(22)23-12-15-11-20-19(25-15)14-5-3-2-4-6-14/h2-7,9,11H,8,10,12H2,1H3. The zero-order valence-corrected chi connectivity index (χ0v) is 15.4. The Labute approximate surface area is 154 Å². The lowest BCUT2D eigenvalue weighted by Crippen LogP contribution is -2.07. The number of nitrogens with zero attached hydrogens (tertiary/aromatic N) is 1. The van der Waals surface area contributed by atoms with Crippen LogP contribution in [-0.2, 0) is 16.1 Å². The van der Waals surface area contributed by atoms with Crippen molar-refractivity contribution in [1.29, 1.82) is 0 Å². The summed E-state index contributed by atoms with van der Waals surface area (Å²) in [5, 5.41) is 0.898. The minimum Gasteiger partial charge on any atom is -0.460 e. The second kappa shape index (κ2) is 8.18. The number of carbonyl (C=O) groups excluding carboxylic acids is 2. The number of thiophene rings is 1. The Balaban J connectivity index is 1.46. The van der Waals surface area contributed by atoms with Crippen molar-refractivity contribution < 1.29 is 14.3 Å². The van der Waals surface area contributed by atoms with E-state index in [2.05, 4.69) is 4.98 Å². The van der Waals surface area contributed by atoms with Gasteiger partial charge in [0.05, 0.1) is 16.2 Å². The monoisotopic (exact) mass is 371 g/mol. The summed E-state index contributed by atoms with van der Waals surface area (Å²) in [5.41, 5.74) is 1.04. The van der Waals surface area contributed by atoms with Gasteiger partial charge in [-0.3, -0.25) is 9.59 Å². The van der Waals surface area contributed by atoms with E-state index in [1.165, 1.54) is 22.7 Å². The molecule has 0 saturated heterocycles. The van der Waals surface area contributed by atoms with Crippen molar-refractivity contribution in [3.05, 3.63) is 63.3 Å². The first-order valence-corrected chi connectivity index (χ1v) is 9.50. The molecule has 0 fully saturated rings. The summed E-state index contributed by atoms with van der Waals surface area (Å²) in [6, 6.07) is 13.6. The topological polar surface area (TPSA) is 56.3 Å². The first-order valence-electron chi connectivity index (χ1n) is 7.87. The maximum Gasteiger partial charge on any atom is 0.306 e. The molecule has 0 aliphatic heterocycles. The van der Waals surface area contributed by atoms with Crippen molar-refractivity contribution in [3.8, 4) is 10.6 Å². The highest BCUT2D eigenvalue weighted by atomic mass is 32.1.